The second-order valence-electron chi connectivity index (χ2n) is 6.44. The SMILES string of the molecule is CCCCCn1c2nc(Br)[nH]c2c(=O)n2c(C3(C(=O)O)CC3)nnc12. The van der Waals surface area contributed by atoms with Gasteiger partial charge in [0.25, 0.3) is 5.56 Å². The molecule has 3 aromatic rings. The molecular weight excluding hydrogens is 392 g/mol. The maximum Gasteiger partial charge on any atom is 0.317 e. The molecule has 0 radical (unpaired) electrons. The summed E-state index contributed by atoms with van der Waals surface area (Å²) in [6.45, 7) is 2.74. The number of fused-ring (bicyclic) bond motifs is 2. The molecule has 0 saturated heterocycles. The number of unbranched alkanes of at least 4 members (excludes halogenated alkanes) is 2. The quantitative estimate of drug-likeness (QED) is 0.474. The Bertz CT molecular complexity index is 1050. The number of rotatable bonds is 6. The number of carbonyl (C=O) groups is 1. The van der Waals surface area contributed by atoms with Gasteiger partial charge in [-0.3, -0.25) is 14.2 Å². The zero-order valence-electron chi connectivity index (χ0n) is 13.6. The minimum atomic E-state index is -1.11. The molecule has 0 spiro atoms. The molecule has 1 aliphatic carbocycles. The summed E-state index contributed by atoms with van der Waals surface area (Å²) in [5.41, 5.74) is -0.662. The van der Waals surface area contributed by atoms with Gasteiger partial charge in [0.15, 0.2) is 21.7 Å². The molecule has 25 heavy (non-hydrogen) atoms. The van der Waals surface area contributed by atoms with Crippen LogP contribution in [-0.4, -0.2) is 40.2 Å². The van der Waals surface area contributed by atoms with E-state index >= 15 is 0 Å². The van der Waals surface area contributed by atoms with Crippen molar-refractivity contribution in [3.05, 3.63) is 20.9 Å². The molecule has 0 aliphatic heterocycles. The molecule has 1 aliphatic rings. The third kappa shape index (κ3) is 2.30. The number of nitrogens with zero attached hydrogens (tertiary/aromatic N) is 5. The number of aliphatic carboxylic acids is 1. The average molecular weight is 409 g/mol. The number of carboxylic acids is 1. The van der Waals surface area contributed by atoms with E-state index in [1.165, 1.54) is 4.40 Å². The van der Waals surface area contributed by atoms with Gasteiger partial charge in [-0.05, 0) is 35.2 Å². The number of imidazole rings is 1. The molecule has 0 unspecified atom stereocenters. The molecule has 1 fully saturated rings. The third-order valence-electron chi connectivity index (χ3n) is 4.79. The van der Waals surface area contributed by atoms with Crippen LogP contribution in [0.15, 0.2) is 9.53 Å². The normalized spacial score (nSPS) is 15.9. The van der Waals surface area contributed by atoms with Crippen molar-refractivity contribution >= 4 is 38.8 Å². The Labute approximate surface area is 150 Å². The van der Waals surface area contributed by atoms with Gasteiger partial charge >= 0.3 is 5.97 Å². The largest absolute Gasteiger partial charge is 0.480 e. The highest BCUT2D eigenvalue weighted by Crippen LogP contribution is 2.47. The number of aromatic nitrogens is 6. The monoisotopic (exact) mass is 408 g/mol. The van der Waals surface area contributed by atoms with Crippen molar-refractivity contribution in [1.82, 2.24) is 29.1 Å². The fourth-order valence-electron chi connectivity index (χ4n) is 3.22. The zero-order valence-corrected chi connectivity index (χ0v) is 15.2. The van der Waals surface area contributed by atoms with Gasteiger partial charge < -0.3 is 10.1 Å². The number of halogens is 1. The summed E-state index contributed by atoms with van der Waals surface area (Å²) < 4.78 is 3.62. The number of hydrogen-bond acceptors (Lipinski definition) is 5. The number of hydrogen-bond donors (Lipinski definition) is 2. The van der Waals surface area contributed by atoms with Crippen molar-refractivity contribution in [1.29, 1.82) is 0 Å². The summed E-state index contributed by atoms with van der Waals surface area (Å²) in [5.74, 6) is -0.420. The van der Waals surface area contributed by atoms with Gasteiger partial charge in [0.05, 0.1) is 0 Å². The lowest BCUT2D eigenvalue weighted by atomic mass is 10.1. The first-order chi connectivity index (χ1) is 12.0. The van der Waals surface area contributed by atoms with Gasteiger partial charge in [-0.15, -0.1) is 10.2 Å². The number of H-pyrrole nitrogens is 1. The molecule has 3 heterocycles. The topological polar surface area (TPSA) is 118 Å². The van der Waals surface area contributed by atoms with Gasteiger partial charge in [-0.2, -0.15) is 0 Å². The van der Waals surface area contributed by atoms with E-state index in [0.717, 1.165) is 19.3 Å². The number of aromatic amines is 1. The summed E-state index contributed by atoms with van der Waals surface area (Å²) in [4.78, 5) is 31.9. The lowest BCUT2D eigenvalue weighted by molar-refractivity contribution is -0.140. The third-order valence-corrected chi connectivity index (χ3v) is 5.16. The Morgan fingerprint density at radius 1 is 1.36 bits per heavy atom. The van der Waals surface area contributed by atoms with Gasteiger partial charge in [-0.25, -0.2) is 9.38 Å². The molecule has 0 amide bonds. The van der Waals surface area contributed by atoms with Gasteiger partial charge in [0, 0.05) is 6.54 Å². The molecule has 4 rings (SSSR count). The predicted molar refractivity (Wildman–Crippen MR) is 92.7 cm³/mol. The fourth-order valence-corrected chi connectivity index (χ4v) is 3.58. The van der Waals surface area contributed by atoms with Crippen LogP contribution in [-0.2, 0) is 16.8 Å². The average Bonchev–Trinajstić information content (AvgIpc) is 3.11. The van der Waals surface area contributed by atoms with Crippen molar-refractivity contribution in [2.24, 2.45) is 0 Å². The molecule has 0 atom stereocenters. The van der Waals surface area contributed by atoms with Crippen LogP contribution < -0.4 is 5.56 Å². The van der Waals surface area contributed by atoms with Crippen molar-refractivity contribution in [2.75, 3.05) is 0 Å². The minimum absolute atomic E-state index is 0.205. The Morgan fingerprint density at radius 2 is 2.12 bits per heavy atom. The number of aryl methyl sites for hydroxylation is 1. The Morgan fingerprint density at radius 3 is 2.76 bits per heavy atom. The molecule has 10 heteroatoms. The Hall–Kier alpha value is -2.23. The van der Waals surface area contributed by atoms with Crippen LogP contribution in [0.25, 0.3) is 16.9 Å². The van der Waals surface area contributed by atoms with Crippen LogP contribution in [0.4, 0.5) is 0 Å². The Balaban J connectivity index is 2.01. The first-order valence-electron chi connectivity index (χ1n) is 8.26. The van der Waals surface area contributed by atoms with E-state index in [1.807, 2.05) is 4.57 Å². The van der Waals surface area contributed by atoms with Crippen LogP contribution in [0, 0.1) is 0 Å². The molecule has 132 valence electrons. The van der Waals surface area contributed by atoms with E-state index in [2.05, 4.69) is 43.0 Å². The summed E-state index contributed by atoms with van der Waals surface area (Å²) in [7, 11) is 0. The first-order valence-corrected chi connectivity index (χ1v) is 9.06. The molecule has 2 N–H and O–H groups in total. The van der Waals surface area contributed by atoms with Gasteiger partial charge in [0.1, 0.15) is 5.41 Å². The summed E-state index contributed by atoms with van der Waals surface area (Å²) in [5, 5.41) is 17.8. The van der Waals surface area contributed by atoms with E-state index in [4.69, 9.17) is 0 Å². The summed E-state index contributed by atoms with van der Waals surface area (Å²) in [6.07, 6.45) is 3.92. The first kappa shape index (κ1) is 16.2. The van der Waals surface area contributed by atoms with Gasteiger partial charge in [-0.1, -0.05) is 19.8 Å². The maximum absolute atomic E-state index is 12.9. The van der Waals surface area contributed by atoms with E-state index in [9.17, 15) is 14.7 Å². The maximum atomic E-state index is 12.9. The standard InChI is InChI=1S/C15H17BrN6O3/c1-2-3-4-7-21-9-8(17-13(16)18-9)10(23)22-11(19-20-14(21)22)15(5-6-15)12(24)25/h2-7H2,1H3,(H,17,18)(H,24,25). The van der Waals surface area contributed by atoms with Crippen molar-refractivity contribution < 1.29 is 9.90 Å². The second kappa shape index (κ2) is 5.65. The predicted octanol–water partition coefficient (Wildman–Crippen LogP) is 1.84. The number of nitrogens with one attached hydrogen (secondary N) is 1. The van der Waals surface area contributed by atoms with Crippen LogP contribution in [0.5, 0.6) is 0 Å². The zero-order chi connectivity index (χ0) is 17.8. The molecule has 1 saturated carbocycles. The van der Waals surface area contributed by atoms with Crippen molar-refractivity contribution in [2.45, 2.75) is 51.0 Å². The molecule has 3 aromatic heterocycles. The van der Waals surface area contributed by atoms with Crippen molar-refractivity contribution in [3.63, 3.8) is 0 Å². The van der Waals surface area contributed by atoms with E-state index in [-0.39, 0.29) is 11.4 Å². The second-order valence-corrected chi connectivity index (χ2v) is 7.19. The van der Waals surface area contributed by atoms with Crippen LogP contribution in [0.1, 0.15) is 44.9 Å². The van der Waals surface area contributed by atoms with E-state index in [1.54, 1.807) is 0 Å². The highest BCUT2D eigenvalue weighted by Gasteiger charge is 2.56. The summed E-state index contributed by atoms with van der Waals surface area (Å²) in [6, 6.07) is 0. The van der Waals surface area contributed by atoms with Crippen molar-refractivity contribution in [3.8, 4) is 0 Å². The highest BCUT2D eigenvalue weighted by atomic mass is 79.9. The number of carboxylic acid groups (broad SMARTS) is 1. The Kier molecular flexibility index (Phi) is 3.67. The van der Waals surface area contributed by atoms with Gasteiger partial charge in [0.2, 0.25) is 5.78 Å². The fraction of sp³-hybridized carbons (Fsp3) is 0.533. The molecule has 9 nitrogen and oxygen atoms in total. The minimum Gasteiger partial charge on any atom is -0.480 e. The van der Waals surface area contributed by atoms with E-state index < -0.39 is 11.4 Å². The van der Waals surface area contributed by atoms with Crippen LogP contribution >= 0.6 is 15.9 Å². The highest BCUT2D eigenvalue weighted by molar-refractivity contribution is 9.10. The lowest BCUT2D eigenvalue weighted by Crippen LogP contribution is -2.28. The van der Waals surface area contributed by atoms with Crippen LogP contribution in [0.2, 0.25) is 0 Å². The smallest absolute Gasteiger partial charge is 0.317 e. The lowest BCUT2D eigenvalue weighted by Gasteiger charge is -2.11. The van der Waals surface area contributed by atoms with E-state index in [0.29, 0.717) is 41.1 Å². The molecular formula is C15H17BrN6O3. The van der Waals surface area contributed by atoms with Crippen LogP contribution in [0.3, 0.4) is 0 Å². The molecule has 0 aromatic carbocycles. The molecule has 0 bridgehead atoms. The summed E-state index contributed by atoms with van der Waals surface area (Å²) >= 11 is 3.27.